The quantitative estimate of drug-likeness (QED) is 0.530. The van der Waals surface area contributed by atoms with Crippen LogP contribution in [0.2, 0.25) is 5.02 Å². The van der Waals surface area contributed by atoms with E-state index >= 15 is 0 Å². The Morgan fingerprint density at radius 3 is 2.65 bits per heavy atom. The van der Waals surface area contributed by atoms with Crippen molar-refractivity contribution < 1.29 is 13.9 Å². The van der Waals surface area contributed by atoms with Crippen LogP contribution < -0.4 is 4.74 Å². The molecule has 0 bridgehead atoms. The number of ketones is 1. The zero-order valence-electron chi connectivity index (χ0n) is 11.6. The van der Waals surface area contributed by atoms with Gasteiger partial charge in [-0.1, -0.05) is 17.7 Å². The van der Waals surface area contributed by atoms with Gasteiger partial charge in [-0.3, -0.25) is 4.79 Å². The lowest BCUT2D eigenvalue weighted by molar-refractivity contribution is 0.0601. The van der Waals surface area contributed by atoms with Gasteiger partial charge in [0.05, 0.1) is 0 Å². The lowest BCUT2D eigenvalue weighted by atomic mass is 10.1. The molecule has 3 rings (SSSR count). The summed E-state index contributed by atoms with van der Waals surface area (Å²) in [5.74, 6) is -1.13. The first kappa shape index (κ1) is 15.1. The van der Waals surface area contributed by atoms with E-state index in [9.17, 15) is 9.18 Å². The van der Waals surface area contributed by atoms with E-state index in [2.05, 4.69) is 15.1 Å². The van der Waals surface area contributed by atoms with Gasteiger partial charge in [0, 0.05) is 16.7 Å². The first-order chi connectivity index (χ1) is 11.1. The van der Waals surface area contributed by atoms with Crippen molar-refractivity contribution in [3.05, 3.63) is 71.7 Å². The summed E-state index contributed by atoms with van der Waals surface area (Å²) in [5, 5.41) is 4.42. The highest BCUT2D eigenvalue weighted by Gasteiger charge is 2.25. The summed E-state index contributed by atoms with van der Waals surface area (Å²) in [4.78, 5) is 20.1. The van der Waals surface area contributed by atoms with Gasteiger partial charge >= 0.3 is 0 Å². The molecule has 6 nitrogen and oxygen atoms in total. The number of carbonyl (C=O) groups is 1. The van der Waals surface area contributed by atoms with Crippen molar-refractivity contribution in [3.63, 3.8) is 0 Å². The summed E-state index contributed by atoms with van der Waals surface area (Å²) < 4.78 is 19.9. The number of aromatic nitrogens is 4. The fraction of sp³-hybridized carbons (Fsp3) is 0.0667. The van der Waals surface area contributed by atoms with Crippen LogP contribution in [0, 0.1) is 5.95 Å². The minimum absolute atomic E-state index is 0.0344. The minimum atomic E-state index is -1.16. The maximum atomic E-state index is 13.2. The summed E-state index contributed by atoms with van der Waals surface area (Å²) in [6, 6.07) is 10.4. The zero-order chi connectivity index (χ0) is 16.2. The molecule has 0 spiro atoms. The van der Waals surface area contributed by atoms with Crippen LogP contribution in [0.3, 0.4) is 0 Å². The van der Waals surface area contributed by atoms with Crippen molar-refractivity contribution in [2.24, 2.45) is 0 Å². The SMILES string of the molecule is O=C(c1ccc(Cl)cc1)C(Oc1cccc(F)n1)n1cncn1. The number of hydrogen-bond donors (Lipinski definition) is 0. The van der Waals surface area contributed by atoms with Gasteiger partial charge in [0.25, 0.3) is 6.23 Å². The van der Waals surface area contributed by atoms with Gasteiger partial charge in [0.2, 0.25) is 17.6 Å². The van der Waals surface area contributed by atoms with E-state index in [-0.39, 0.29) is 5.88 Å². The molecule has 0 N–H and O–H groups in total. The summed E-state index contributed by atoms with van der Waals surface area (Å²) in [7, 11) is 0. The number of benzene rings is 1. The summed E-state index contributed by atoms with van der Waals surface area (Å²) in [6.07, 6.45) is 1.44. The average Bonchev–Trinajstić information content (AvgIpc) is 3.07. The number of pyridine rings is 1. The second kappa shape index (κ2) is 6.53. The van der Waals surface area contributed by atoms with Crippen LogP contribution in [0.15, 0.2) is 55.1 Å². The van der Waals surface area contributed by atoms with Gasteiger partial charge in [-0.05, 0) is 30.3 Å². The molecular weight excluding hydrogens is 323 g/mol. The Morgan fingerprint density at radius 2 is 2.00 bits per heavy atom. The number of ether oxygens (including phenoxy) is 1. The van der Waals surface area contributed by atoms with Crippen LogP contribution in [0.5, 0.6) is 5.88 Å². The lowest BCUT2D eigenvalue weighted by Gasteiger charge is -2.17. The number of carbonyl (C=O) groups excluding carboxylic acids is 1. The van der Waals surface area contributed by atoms with Crippen LogP contribution in [-0.2, 0) is 0 Å². The van der Waals surface area contributed by atoms with Gasteiger partial charge < -0.3 is 4.74 Å². The van der Waals surface area contributed by atoms with Crippen molar-refractivity contribution in [2.75, 3.05) is 0 Å². The predicted octanol–water partition coefficient (Wildman–Crippen LogP) is 2.93. The standard InChI is InChI=1S/C15H10ClFN4O2/c16-11-6-4-10(5-7-11)14(22)15(21-9-18-8-19-21)23-13-3-1-2-12(17)20-13/h1-9,15H. The summed E-state index contributed by atoms with van der Waals surface area (Å²) in [5.41, 5.74) is 0.367. The number of hydrogen-bond acceptors (Lipinski definition) is 5. The molecule has 1 unspecified atom stereocenters. The molecule has 0 fully saturated rings. The third-order valence-electron chi connectivity index (χ3n) is 2.95. The van der Waals surface area contributed by atoms with Crippen LogP contribution in [0.1, 0.15) is 16.6 Å². The largest absolute Gasteiger partial charge is 0.444 e. The van der Waals surface area contributed by atoms with E-state index < -0.39 is 18.0 Å². The first-order valence-electron chi connectivity index (χ1n) is 6.56. The van der Waals surface area contributed by atoms with Crippen LogP contribution in [0.4, 0.5) is 4.39 Å². The van der Waals surface area contributed by atoms with E-state index in [1.807, 2.05) is 0 Å². The Balaban J connectivity index is 1.93. The van der Waals surface area contributed by atoms with Gasteiger partial charge in [-0.25, -0.2) is 9.67 Å². The second-order valence-electron chi connectivity index (χ2n) is 4.52. The van der Waals surface area contributed by atoms with Crippen molar-refractivity contribution in [3.8, 4) is 5.88 Å². The van der Waals surface area contributed by atoms with E-state index in [1.54, 1.807) is 24.3 Å². The third-order valence-corrected chi connectivity index (χ3v) is 3.20. The number of rotatable bonds is 5. The molecular formula is C15H10ClFN4O2. The molecule has 0 aliphatic heterocycles. The Hall–Kier alpha value is -2.80. The Bertz CT molecular complexity index is 809. The molecule has 3 aromatic rings. The highest BCUT2D eigenvalue weighted by Crippen LogP contribution is 2.20. The minimum Gasteiger partial charge on any atom is -0.444 e. The molecule has 1 atom stereocenters. The predicted molar refractivity (Wildman–Crippen MR) is 79.7 cm³/mol. The molecule has 0 radical (unpaired) electrons. The molecule has 1 aromatic carbocycles. The molecule has 0 saturated heterocycles. The van der Waals surface area contributed by atoms with Gasteiger partial charge in [-0.15, -0.1) is 0 Å². The molecule has 2 aromatic heterocycles. The van der Waals surface area contributed by atoms with E-state index in [1.165, 1.54) is 35.5 Å². The maximum absolute atomic E-state index is 13.2. The van der Waals surface area contributed by atoms with Crippen molar-refractivity contribution in [1.82, 2.24) is 19.7 Å². The van der Waals surface area contributed by atoms with E-state index in [4.69, 9.17) is 16.3 Å². The summed E-state index contributed by atoms with van der Waals surface area (Å²) >= 11 is 5.82. The molecule has 8 heteroatoms. The zero-order valence-corrected chi connectivity index (χ0v) is 12.4. The molecule has 0 aliphatic carbocycles. The number of halogens is 2. The molecule has 0 saturated carbocycles. The summed E-state index contributed by atoms with van der Waals surface area (Å²) in [6.45, 7) is 0. The topological polar surface area (TPSA) is 69.9 Å². The van der Waals surface area contributed by atoms with Gasteiger partial charge in [0.15, 0.2) is 0 Å². The van der Waals surface area contributed by atoms with Crippen molar-refractivity contribution in [1.29, 1.82) is 0 Å². The first-order valence-corrected chi connectivity index (χ1v) is 6.94. The number of nitrogens with zero attached hydrogens (tertiary/aromatic N) is 4. The Morgan fingerprint density at radius 1 is 1.22 bits per heavy atom. The van der Waals surface area contributed by atoms with Gasteiger partial charge in [0.1, 0.15) is 12.7 Å². The second-order valence-corrected chi connectivity index (χ2v) is 4.95. The molecule has 23 heavy (non-hydrogen) atoms. The Labute approximate surface area is 135 Å². The normalized spacial score (nSPS) is 11.9. The average molecular weight is 333 g/mol. The van der Waals surface area contributed by atoms with E-state index in [0.29, 0.717) is 10.6 Å². The molecule has 0 amide bonds. The molecule has 0 aliphatic rings. The van der Waals surface area contributed by atoms with Crippen LogP contribution in [0.25, 0.3) is 0 Å². The van der Waals surface area contributed by atoms with Gasteiger partial charge in [-0.2, -0.15) is 14.5 Å². The Kier molecular flexibility index (Phi) is 4.29. The molecule has 2 heterocycles. The highest BCUT2D eigenvalue weighted by molar-refractivity contribution is 6.30. The molecule has 116 valence electrons. The van der Waals surface area contributed by atoms with Crippen molar-refractivity contribution >= 4 is 17.4 Å². The fourth-order valence-electron chi connectivity index (χ4n) is 1.89. The third kappa shape index (κ3) is 3.51. The number of Topliss-reactive ketones (excluding diaryl/α,β-unsaturated/α-hetero) is 1. The fourth-order valence-corrected chi connectivity index (χ4v) is 2.02. The monoisotopic (exact) mass is 332 g/mol. The van der Waals surface area contributed by atoms with Crippen molar-refractivity contribution in [2.45, 2.75) is 6.23 Å². The van der Waals surface area contributed by atoms with Crippen LogP contribution in [-0.4, -0.2) is 25.5 Å². The lowest BCUT2D eigenvalue weighted by Crippen LogP contribution is -2.26. The van der Waals surface area contributed by atoms with E-state index in [0.717, 1.165) is 0 Å². The highest BCUT2D eigenvalue weighted by atomic mass is 35.5. The smallest absolute Gasteiger partial charge is 0.257 e. The van der Waals surface area contributed by atoms with Crippen LogP contribution >= 0.6 is 11.6 Å². The maximum Gasteiger partial charge on any atom is 0.257 e.